The van der Waals surface area contributed by atoms with Crippen LogP contribution in [-0.4, -0.2) is 68.6 Å². The Morgan fingerprint density at radius 2 is 1.94 bits per heavy atom. The summed E-state index contributed by atoms with van der Waals surface area (Å²) in [5, 5.41) is 0. The number of hydrogen-bond donors (Lipinski definition) is 1. The van der Waals surface area contributed by atoms with E-state index in [1.807, 2.05) is 0 Å². The molecule has 0 aliphatic heterocycles. The first-order chi connectivity index (χ1) is 7.40. The van der Waals surface area contributed by atoms with E-state index in [-0.39, 0.29) is 18.4 Å². The van der Waals surface area contributed by atoms with Crippen LogP contribution in [0.4, 0.5) is 0 Å². The lowest BCUT2D eigenvalue weighted by molar-refractivity contribution is -0.140. The summed E-state index contributed by atoms with van der Waals surface area (Å²) in [5.41, 5.74) is 5.50. The smallest absolute Gasteiger partial charge is 0.241 e. The van der Waals surface area contributed by atoms with E-state index in [9.17, 15) is 9.59 Å². The number of nitrogens with zero attached hydrogens (tertiary/aromatic N) is 2. The average Bonchev–Trinajstić information content (AvgIpc) is 2.22. The molecule has 0 rings (SSSR count). The monoisotopic (exact) mass is 231 g/mol. The van der Waals surface area contributed by atoms with Crippen molar-refractivity contribution >= 4 is 11.8 Å². The van der Waals surface area contributed by atoms with E-state index >= 15 is 0 Å². The maximum atomic E-state index is 11.7. The quantitative estimate of drug-likeness (QED) is 0.629. The Kier molecular flexibility index (Phi) is 6.67. The average molecular weight is 231 g/mol. The summed E-state index contributed by atoms with van der Waals surface area (Å²) in [4.78, 5) is 26.0. The van der Waals surface area contributed by atoms with Gasteiger partial charge in [0.25, 0.3) is 0 Å². The van der Waals surface area contributed by atoms with Gasteiger partial charge in [-0.1, -0.05) is 0 Å². The Morgan fingerprint density at radius 1 is 1.38 bits per heavy atom. The Labute approximate surface area is 96.3 Å². The number of hydrogen-bond acceptors (Lipinski definition) is 4. The molecule has 0 fully saturated rings. The van der Waals surface area contributed by atoms with Gasteiger partial charge in [-0.2, -0.15) is 0 Å². The Morgan fingerprint density at radius 3 is 2.31 bits per heavy atom. The molecule has 16 heavy (non-hydrogen) atoms. The molecular weight excluding hydrogens is 210 g/mol. The molecule has 6 heteroatoms. The summed E-state index contributed by atoms with van der Waals surface area (Å²) < 4.78 is 4.88. The van der Waals surface area contributed by atoms with Gasteiger partial charge in [-0.15, -0.1) is 0 Å². The summed E-state index contributed by atoms with van der Waals surface area (Å²) in [5.74, 6) is -0.377. The number of amides is 2. The first-order valence-corrected chi connectivity index (χ1v) is 5.13. The molecule has 0 aromatic carbocycles. The van der Waals surface area contributed by atoms with Crippen LogP contribution in [-0.2, 0) is 14.3 Å². The maximum Gasteiger partial charge on any atom is 0.241 e. The van der Waals surface area contributed by atoms with E-state index in [1.165, 1.54) is 9.80 Å². The highest BCUT2D eigenvalue weighted by atomic mass is 16.5. The number of carbonyl (C=O) groups excluding carboxylic acids is 2. The molecule has 1 atom stereocenters. The summed E-state index contributed by atoms with van der Waals surface area (Å²) in [6, 6.07) is -0.605. The standard InChI is InChI=1S/C10H21N3O3/c1-8(11)10(15)13(5-6-16-4)7-9(14)12(2)3/h8H,5-7,11H2,1-4H3. The number of methoxy groups -OCH3 is 1. The van der Waals surface area contributed by atoms with Gasteiger partial charge in [-0.05, 0) is 6.92 Å². The summed E-state index contributed by atoms with van der Waals surface area (Å²) >= 11 is 0. The fraction of sp³-hybridized carbons (Fsp3) is 0.800. The highest BCUT2D eigenvalue weighted by Crippen LogP contribution is 1.95. The van der Waals surface area contributed by atoms with E-state index in [0.29, 0.717) is 13.2 Å². The van der Waals surface area contributed by atoms with Crippen LogP contribution >= 0.6 is 0 Å². The van der Waals surface area contributed by atoms with Crippen molar-refractivity contribution in [1.82, 2.24) is 9.80 Å². The molecule has 0 bridgehead atoms. The molecule has 0 saturated heterocycles. The van der Waals surface area contributed by atoms with Gasteiger partial charge in [0, 0.05) is 27.7 Å². The zero-order valence-corrected chi connectivity index (χ0v) is 10.4. The molecule has 0 saturated carbocycles. The van der Waals surface area contributed by atoms with Crippen LogP contribution in [0.25, 0.3) is 0 Å². The van der Waals surface area contributed by atoms with Crippen molar-refractivity contribution in [2.75, 3.05) is 40.9 Å². The normalized spacial score (nSPS) is 12.1. The van der Waals surface area contributed by atoms with Crippen LogP contribution < -0.4 is 5.73 Å². The van der Waals surface area contributed by atoms with Crippen molar-refractivity contribution in [3.8, 4) is 0 Å². The van der Waals surface area contributed by atoms with Gasteiger partial charge >= 0.3 is 0 Å². The van der Waals surface area contributed by atoms with Crippen molar-refractivity contribution in [2.45, 2.75) is 13.0 Å². The number of ether oxygens (including phenoxy) is 1. The third-order valence-corrected chi connectivity index (χ3v) is 2.09. The zero-order valence-electron chi connectivity index (χ0n) is 10.4. The third kappa shape index (κ3) is 5.09. The first kappa shape index (κ1) is 14.9. The van der Waals surface area contributed by atoms with Crippen molar-refractivity contribution < 1.29 is 14.3 Å². The van der Waals surface area contributed by atoms with Gasteiger partial charge in [-0.3, -0.25) is 9.59 Å². The van der Waals surface area contributed by atoms with Crippen LogP contribution in [0.1, 0.15) is 6.92 Å². The second kappa shape index (κ2) is 7.19. The number of carbonyl (C=O) groups is 2. The Balaban J connectivity index is 4.42. The van der Waals surface area contributed by atoms with E-state index < -0.39 is 6.04 Å². The van der Waals surface area contributed by atoms with E-state index in [4.69, 9.17) is 10.5 Å². The SMILES string of the molecule is COCCN(CC(=O)N(C)C)C(=O)C(C)N. The van der Waals surface area contributed by atoms with Crippen LogP contribution in [0.5, 0.6) is 0 Å². The molecular formula is C10H21N3O3. The number of likely N-dealkylation sites (N-methyl/N-ethyl adjacent to an activating group) is 1. The number of rotatable bonds is 6. The lowest BCUT2D eigenvalue weighted by atomic mass is 10.3. The van der Waals surface area contributed by atoms with Crippen LogP contribution in [0, 0.1) is 0 Å². The largest absolute Gasteiger partial charge is 0.383 e. The van der Waals surface area contributed by atoms with Crippen LogP contribution in [0.2, 0.25) is 0 Å². The summed E-state index contributed by atoms with van der Waals surface area (Å²) in [7, 11) is 4.84. The molecule has 6 nitrogen and oxygen atoms in total. The van der Waals surface area contributed by atoms with Crippen molar-refractivity contribution in [2.24, 2.45) is 5.73 Å². The topological polar surface area (TPSA) is 75.9 Å². The first-order valence-electron chi connectivity index (χ1n) is 5.13. The van der Waals surface area contributed by atoms with Crippen molar-refractivity contribution in [1.29, 1.82) is 0 Å². The molecule has 0 spiro atoms. The molecule has 0 aliphatic carbocycles. The lowest BCUT2D eigenvalue weighted by Crippen LogP contribution is -2.47. The fourth-order valence-electron chi connectivity index (χ4n) is 1.06. The third-order valence-electron chi connectivity index (χ3n) is 2.09. The maximum absolute atomic E-state index is 11.7. The van der Waals surface area contributed by atoms with Gasteiger partial charge < -0.3 is 20.3 Å². The zero-order chi connectivity index (χ0) is 12.7. The molecule has 0 heterocycles. The summed E-state index contributed by atoms with van der Waals surface area (Å²) in [6.07, 6.45) is 0. The molecule has 0 aliphatic rings. The van der Waals surface area contributed by atoms with E-state index in [1.54, 1.807) is 28.1 Å². The van der Waals surface area contributed by atoms with E-state index in [0.717, 1.165) is 0 Å². The second-order valence-corrected chi connectivity index (χ2v) is 3.83. The molecule has 1 unspecified atom stereocenters. The lowest BCUT2D eigenvalue weighted by Gasteiger charge is -2.24. The van der Waals surface area contributed by atoms with Gasteiger partial charge in [0.1, 0.15) is 0 Å². The fourth-order valence-corrected chi connectivity index (χ4v) is 1.06. The van der Waals surface area contributed by atoms with Crippen LogP contribution in [0.15, 0.2) is 0 Å². The Hall–Kier alpha value is -1.14. The highest BCUT2D eigenvalue weighted by molar-refractivity contribution is 5.87. The minimum absolute atomic E-state index is 0.0384. The highest BCUT2D eigenvalue weighted by Gasteiger charge is 2.20. The van der Waals surface area contributed by atoms with Gasteiger partial charge in [-0.25, -0.2) is 0 Å². The van der Waals surface area contributed by atoms with Gasteiger partial charge in [0.2, 0.25) is 11.8 Å². The molecule has 94 valence electrons. The van der Waals surface area contributed by atoms with Crippen LogP contribution in [0.3, 0.4) is 0 Å². The minimum Gasteiger partial charge on any atom is -0.383 e. The van der Waals surface area contributed by atoms with Crippen molar-refractivity contribution in [3.05, 3.63) is 0 Å². The van der Waals surface area contributed by atoms with E-state index in [2.05, 4.69) is 0 Å². The predicted octanol–water partition coefficient (Wildman–Crippen LogP) is -1.10. The van der Waals surface area contributed by atoms with Gasteiger partial charge in [0.15, 0.2) is 0 Å². The molecule has 0 aromatic heterocycles. The molecule has 0 radical (unpaired) electrons. The molecule has 2 amide bonds. The minimum atomic E-state index is -0.605. The predicted molar refractivity (Wildman–Crippen MR) is 60.8 cm³/mol. The Bertz CT molecular complexity index is 241. The second-order valence-electron chi connectivity index (χ2n) is 3.83. The number of nitrogens with two attached hydrogens (primary N) is 1. The van der Waals surface area contributed by atoms with Gasteiger partial charge in [0.05, 0.1) is 19.2 Å². The molecule has 2 N–H and O–H groups in total. The summed E-state index contributed by atoms with van der Waals surface area (Å²) in [6.45, 7) is 2.40. The molecule has 0 aromatic rings. The van der Waals surface area contributed by atoms with Crippen molar-refractivity contribution in [3.63, 3.8) is 0 Å².